The second-order valence-electron chi connectivity index (χ2n) is 5.77. The molecule has 0 fully saturated rings. The van der Waals surface area contributed by atoms with Gasteiger partial charge in [-0.15, -0.1) is 0 Å². The predicted molar refractivity (Wildman–Crippen MR) is 86.6 cm³/mol. The van der Waals surface area contributed by atoms with Crippen molar-refractivity contribution in [2.75, 3.05) is 11.5 Å². The fourth-order valence-corrected chi connectivity index (χ4v) is 1.24. The average Bonchev–Trinajstić information content (AvgIpc) is 2.46. The molecule has 0 aliphatic heterocycles. The number of pyridine rings is 1. The SMILES string of the molecule is CC(C)C(C)C.Nc1nc(N)nc(-c2cccc(C(F)(F)F)n2)n1. The summed E-state index contributed by atoms with van der Waals surface area (Å²) in [6.45, 7) is 8.96. The zero-order valence-electron chi connectivity index (χ0n) is 14.0. The lowest BCUT2D eigenvalue weighted by Crippen LogP contribution is -2.09. The molecule has 0 saturated carbocycles. The standard InChI is InChI=1S/C9H7F3N6.C6H14/c10-9(11,12)5-3-1-2-4(15-5)6-16-7(13)18-8(14)17-6;1-5(2)6(3)4/h1-3H,(H4,13,14,16,17,18);5-6H,1-4H3. The first-order valence-electron chi connectivity index (χ1n) is 7.32. The Bertz CT molecular complexity index is 644. The lowest BCUT2D eigenvalue weighted by atomic mass is 10.0. The fraction of sp³-hybridized carbons (Fsp3) is 0.467. The molecule has 0 atom stereocenters. The van der Waals surface area contributed by atoms with Crippen LogP contribution in [0, 0.1) is 11.8 Å². The van der Waals surface area contributed by atoms with E-state index in [0.717, 1.165) is 17.9 Å². The van der Waals surface area contributed by atoms with Crippen LogP contribution in [0.5, 0.6) is 0 Å². The quantitative estimate of drug-likeness (QED) is 0.867. The largest absolute Gasteiger partial charge is 0.433 e. The van der Waals surface area contributed by atoms with E-state index in [2.05, 4.69) is 47.6 Å². The summed E-state index contributed by atoms with van der Waals surface area (Å²) in [6, 6.07) is 3.36. The normalized spacial score (nSPS) is 11.4. The van der Waals surface area contributed by atoms with Gasteiger partial charge in [-0.1, -0.05) is 33.8 Å². The van der Waals surface area contributed by atoms with Crippen molar-refractivity contribution in [3.05, 3.63) is 23.9 Å². The smallest absolute Gasteiger partial charge is 0.368 e. The Kier molecular flexibility index (Phi) is 6.44. The molecule has 24 heavy (non-hydrogen) atoms. The molecule has 0 bridgehead atoms. The predicted octanol–water partition coefficient (Wildman–Crippen LogP) is 3.42. The molecule has 6 nitrogen and oxygen atoms in total. The van der Waals surface area contributed by atoms with E-state index in [4.69, 9.17) is 11.5 Å². The van der Waals surface area contributed by atoms with Crippen LogP contribution in [0.1, 0.15) is 33.4 Å². The van der Waals surface area contributed by atoms with Crippen molar-refractivity contribution in [3.8, 4) is 11.5 Å². The third kappa shape index (κ3) is 5.98. The van der Waals surface area contributed by atoms with Gasteiger partial charge in [0.05, 0.1) is 0 Å². The number of nitrogens with two attached hydrogens (primary N) is 2. The molecule has 0 amide bonds. The van der Waals surface area contributed by atoms with Crippen LogP contribution < -0.4 is 11.5 Å². The average molecular weight is 342 g/mol. The van der Waals surface area contributed by atoms with E-state index in [-0.39, 0.29) is 23.4 Å². The Balaban J connectivity index is 0.000000413. The third-order valence-corrected chi connectivity index (χ3v) is 3.27. The molecule has 132 valence electrons. The van der Waals surface area contributed by atoms with Crippen molar-refractivity contribution < 1.29 is 13.2 Å². The number of hydrogen-bond acceptors (Lipinski definition) is 6. The Morgan fingerprint density at radius 3 is 1.75 bits per heavy atom. The highest BCUT2D eigenvalue weighted by atomic mass is 19.4. The highest BCUT2D eigenvalue weighted by Crippen LogP contribution is 2.28. The second-order valence-corrected chi connectivity index (χ2v) is 5.77. The van der Waals surface area contributed by atoms with Crippen LogP contribution in [0.15, 0.2) is 18.2 Å². The van der Waals surface area contributed by atoms with Gasteiger partial charge in [0.25, 0.3) is 0 Å². The van der Waals surface area contributed by atoms with Gasteiger partial charge >= 0.3 is 6.18 Å². The van der Waals surface area contributed by atoms with E-state index in [9.17, 15) is 13.2 Å². The van der Waals surface area contributed by atoms with Gasteiger partial charge in [-0.3, -0.25) is 0 Å². The Morgan fingerprint density at radius 1 is 0.833 bits per heavy atom. The number of alkyl halides is 3. The number of rotatable bonds is 2. The number of hydrogen-bond donors (Lipinski definition) is 2. The van der Waals surface area contributed by atoms with E-state index in [1.54, 1.807) is 0 Å². The minimum Gasteiger partial charge on any atom is -0.368 e. The first kappa shape index (κ1) is 19.6. The van der Waals surface area contributed by atoms with Crippen molar-refractivity contribution in [2.24, 2.45) is 11.8 Å². The van der Waals surface area contributed by atoms with E-state index in [0.29, 0.717) is 0 Å². The van der Waals surface area contributed by atoms with Crippen LogP contribution >= 0.6 is 0 Å². The molecule has 2 rings (SSSR count). The monoisotopic (exact) mass is 342 g/mol. The van der Waals surface area contributed by atoms with Crippen LogP contribution in [-0.2, 0) is 6.18 Å². The maximum atomic E-state index is 12.5. The summed E-state index contributed by atoms with van der Waals surface area (Å²) >= 11 is 0. The van der Waals surface area contributed by atoms with Crippen LogP contribution in [0.4, 0.5) is 25.1 Å². The van der Waals surface area contributed by atoms with Gasteiger partial charge < -0.3 is 11.5 Å². The first-order valence-corrected chi connectivity index (χ1v) is 7.32. The maximum absolute atomic E-state index is 12.5. The summed E-state index contributed by atoms with van der Waals surface area (Å²) < 4.78 is 37.4. The molecule has 0 spiro atoms. The van der Waals surface area contributed by atoms with Crippen molar-refractivity contribution in [3.63, 3.8) is 0 Å². The minimum atomic E-state index is -4.54. The van der Waals surface area contributed by atoms with Gasteiger partial charge in [0.15, 0.2) is 5.82 Å². The highest BCUT2D eigenvalue weighted by molar-refractivity contribution is 5.52. The number of nitrogens with zero attached hydrogens (tertiary/aromatic N) is 4. The summed E-state index contributed by atoms with van der Waals surface area (Å²) in [5.41, 5.74) is 9.53. The van der Waals surface area contributed by atoms with Crippen molar-refractivity contribution in [2.45, 2.75) is 33.9 Å². The van der Waals surface area contributed by atoms with Gasteiger partial charge in [0.1, 0.15) is 11.4 Å². The number of halogens is 3. The molecule has 0 unspecified atom stereocenters. The van der Waals surface area contributed by atoms with E-state index in [1.165, 1.54) is 12.1 Å². The number of aromatic nitrogens is 4. The Morgan fingerprint density at radius 2 is 1.33 bits per heavy atom. The molecule has 0 aromatic carbocycles. The van der Waals surface area contributed by atoms with E-state index in [1.807, 2.05) is 0 Å². The zero-order chi connectivity index (χ0) is 18.5. The molecule has 4 N–H and O–H groups in total. The second kappa shape index (κ2) is 7.89. The summed E-state index contributed by atoms with van der Waals surface area (Å²) in [5.74, 6) is 1.23. The molecule has 2 heterocycles. The van der Waals surface area contributed by atoms with E-state index < -0.39 is 11.9 Å². The van der Waals surface area contributed by atoms with Crippen LogP contribution in [-0.4, -0.2) is 19.9 Å². The summed E-state index contributed by atoms with van der Waals surface area (Å²) in [4.78, 5) is 14.3. The first-order chi connectivity index (χ1) is 11.0. The van der Waals surface area contributed by atoms with Gasteiger partial charge in [-0.05, 0) is 24.0 Å². The number of anilines is 2. The lowest BCUT2D eigenvalue weighted by molar-refractivity contribution is -0.141. The summed E-state index contributed by atoms with van der Waals surface area (Å²) in [7, 11) is 0. The number of nitrogen functional groups attached to an aromatic ring is 2. The molecule has 2 aromatic rings. The van der Waals surface area contributed by atoms with Crippen molar-refractivity contribution in [1.29, 1.82) is 0 Å². The summed E-state index contributed by atoms with van der Waals surface area (Å²) in [5, 5.41) is 0. The third-order valence-electron chi connectivity index (χ3n) is 3.27. The van der Waals surface area contributed by atoms with Crippen LogP contribution in [0.2, 0.25) is 0 Å². The molecule has 0 aliphatic rings. The van der Waals surface area contributed by atoms with E-state index >= 15 is 0 Å². The summed E-state index contributed by atoms with van der Waals surface area (Å²) in [6.07, 6.45) is -4.54. The molecule has 9 heteroatoms. The van der Waals surface area contributed by atoms with Crippen molar-refractivity contribution in [1.82, 2.24) is 19.9 Å². The molecule has 2 aromatic heterocycles. The van der Waals surface area contributed by atoms with Crippen LogP contribution in [0.25, 0.3) is 11.5 Å². The molecular formula is C15H21F3N6. The van der Waals surface area contributed by atoms with Gasteiger partial charge in [-0.2, -0.15) is 28.1 Å². The van der Waals surface area contributed by atoms with Crippen molar-refractivity contribution >= 4 is 11.9 Å². The van der Waals surface area contributed by atoms with Gasteiger partial charge in [0.2, 0.25) is 11.9 Å². The minimum absolute atomic E-state index is 0.0781. The highest BCUT2D eigenvalue weighted by Gasteiger charge is 2.32. The molecular weight excluding hydrogens is 321 g/mol. The van der Waals surface area contributed by atoms with Gasteiger partial charge in [0, 0.05) is 0 Å². The topological polar surface area (TPSA) is 104 Å². The zero-order valence-corrected chi connectivity index (χ0v) is 14.0. The Labute approximate surface area is 138 Å². The fourth-order valence-electron chi connectivity index (χ4n) is 1.24. The van der Waals surface area contributed by atoms with Gasteiger partial charge in [-0.25, -0.2) is 4.98 Å². The molecule has 0 saturated heterocycles. The Hall–Kier alpha value is -2.45. The molecule has 0 aliphatic carbocycles. The maximum Gasteiger partial charge on any atom is 0.433 e. The lowest BCUT2D eigenvalue weighted by Gasteiger charge is -2.07. The molecule has 0 radical (unpaired) electrons. The van der Waals surface area contributed by atoms with Crippen LogP contribution in [0.3, 0.4) is 0 Å².